The Labute approximate surface area is 152 Å². The molecule has 0 aliphatic carbocycles. The van der Waals surface area contributed by atoms with Crippen LogP contribution in [0.2, 0.25) is 0 Å². The molecule has 0 unspecified atom stereocenters. The first kappa shape index (κ1) is 16.5. The minimum Gasteiger partial charge on any atom is -0.502 e. The maximum atomic E-state index is 12.8. The van der Waals surface area contributed by atoms with Gasteiger partial charge in [0.2, 0.25) is 0 Å². The lowest BCUT2D eigenvalue weighted by Crippen LogP contribution is -2.20. The van der Waals surface area contributed by atoms with E-state index in [-0.39, 0.29) is 17.0 Å². The Balaban J connectivity index is 1.87. The maximum Gasteiger partial charge on any atom is 0.311 e. The average Bonchev–Trinajstić information content (AvgIpc) is 3.11. The van der Waals surface area contributed by atoms with E-state index in [0.717, 1.165) is 20.8 Å². The standard InChI is InChI=1S/C18H15N3O4S/c1-9-10(2)26-17-15(9)18(23)20-6-5-12(16(20)19-17)7-11-3-4-14(22)13(8-11)21(24)25/h3-4,7-8,22H,5-6H2,1-2H3/b12-7-. The maximum absolute atomic E-state index is 12.8. The van der Waals surface area contributed by atoms with E-state index < -0.39 is 4.92 Å². The number of allylic oxidation sites excluding steroid dienone is 1. The van der Waals surface area contributed by atoms with Crippen LogP contribution in [0.5, 0.6) is 5.75 Å². The molecular weight excluding hydrogens is 354 g/mol. The number of phenols is 1. The zero-order chi connectivity index (χ0) is 18.6. The van der Waals surface area contributed by atoms with Gasteiger partial charge >= 0.3 is 5.69 Å². The van der Waals surface area contributed by atoms with E-state index in [2.05, 4.69) is 4.98 Å². The Morgan fingerprint density at radius 2 is 2.15 bits per heavy atom. The summed E-state index contributed by atoms with van der Waals surface area (Å²) in [5.74, 6) is 0.240. The van der Waals surface area contributed by atoms with Crippen molar-refractivity contribution in [1.82, 2.24) is 9.55 Å². The molecule has 0 saturated carbocycles. The summed E-state index contributed by atoms with van der Waals surface area (Å²) >= 11 is 1.50. The summed E-state index contributed by atoms with van der Waals surface area (Å²) in [6, 6.07) is 4.23. The third kappa shape index (κ3) is 2.41. The van der Waals surface area contributed by atoms with Crippen LogP contribution < -0.4 is 5.56 Å². The largest absolute Gasteiger partial charge is 0.502 e. The molecule has 7 nitrogen and oxygen atoms in total. The minimum absolute atomic E-state index is 0.0352. The Kier molecular flexibility index (Phi) is 3.66. The molecule has 3 aromatic rings. The van der Waals surface area contributed by atoms with Crippen LogP contribution in [-0.4, -0.2) is 19.6 Å². The molecule has 1 N–H and O–H groups in total. The lowest BCUT2D eigenvalue weighted by molar-refractivity contribution is -0.385. The van der Waals surface area contributed by atoms with E-state index in [4.69, 9.17) is 0 Å². The number of hydrogen-bond donors (Lipinski definition) is 1. The zero-order valence-corrected chi connectivity index (χ0v) is 15.0. The molecule has 1 aromatic carbocycles. The number of nitrogens with zero attached hydrogens (tertiary/aromatic N) is 3. The Bertz CT molecular complexity index is 1170. The number of phenolic OH excluding ortho intramolecular Hbond substituents is 1. The van der Waals surface area contributed by atoms with Crippen LogP contribution in [0.4, 0.5) is 5.69 Å². The third-order valence-corrected chi connectivity index (χ3v) is 5.82. The Morgan fingerprint density at radius 3 is 2.88 bits per heavy atom. The second kappa shape index (κ2) is 5.77. The highest BCUT2D eigenvalue weighted by Gasteiger charge is 2.23. The summed E-state index contributed by atoms with van der Waals surface area (Å²) in [5.41, 5.74) is 2.04. The fourth-order valence-corrected chi connectivity index (χ4v) is 4.26. The van der Waals surface area contributed by atoms with Crippen LogP contribution in [0, 0.1) is 24.0 Å². The molecule has 1 aliphatic rings. The fourth-order valence-electron chi connectivity index (χ4n) is 3.24. The minimum atomic E-state index is -0.622. The molecule has 4 rings (SSSR count). The van der Waals surface area contributed by atoms with Crippen LogP contribution in [-0.2, 0) is 6.54 Å². The van der Waals surface area contributed by atoms with E-state index >= 15 is 0 Å². The molecule has 1 aliphatic heterocycles. The van der Waals surface area contributed by atoms with Gasteiger partial charge in [-0.3, -0.25) is 19.5 Å². The number of hydrogen-bond acceptors (Lipinski definition) is 6. The normalized spacial score (nSPS) is 14.9. The summed E-state index contributed by atoms with van der Waals surface area (Å²) in [6.07, 6.45) is 2.42. The number of benzene rings is 1. The number of rotatable bonds is 2. The van der Waals surface area contributed by atoms with Gasteiger partial charge in [0, 0.05) is 17.5 Å². The summed E-state index contributed by atoms with van der Waals surface area (Å²) < 4.78 is 1.67. The van der Waals surface area contributed by atoms with E-state index in [9.17, 15) is 20.0 Å². The molecule has 3 heterocycles. The van der Waals surface area contributed by atoms with Crippen molar-refractivity contribution in [2.75, 3.05) is 0 Å². The zero-order valence-electron chi connectivity index (χ0n) is 14.1. The van der Waals surface area contributed by atoms with E-state index in [1.807, 2.05) is 13.8 Å². The van der Waals surface area contributed by atoms with Crippen molar-refractivity contribution in [1.29, 1.82) is 0 Å². The van der Waals surface area contributed by atoms with Crippen LogP contribution in [0.15, 0.2) is 23.0 Å². The average molecular weight is 369 g/mol. The smallest absolute Gasteiger partial charge is 0.311 e. The number of aryl methyl sites for hydroxylation is 2. The third-order valence-electron chi connectivity index (χ3n) is 4.72. The molecule has 8 heteroatoms. The molecule has 0 radical (unpaired) electrons. The summed E-state index contributed by atoms with van der Waals surface area (Å²) in [5, 5.41) is 21.3. The second-order valence-electron chi connectivity index (χ2n) is 6.28. The van der Waals surface area contributed by atoms with Crippen molar-refractivity contribution < 1.29 is 10.0 Å². The molecule has 26 heavy (non-hydrogen) atoms. The van der Waals surface area contributed by atoms with E-state index in [0.29, 0.717) is 29.7 Å². The van der Waals surface area contributed by atoms with Crippen molar-refractivity contribution in [3.63, 3.8) is 0 Å². The van der Waals surface area contributed by atoms with Gasteiger partial charge in [-0.25, -0.2) is 4.98 Å². The highest BCUT2D eigenvalue weighted by atomic mass is 32.1. The van der Waals surface area contributed by atoms with Gasteiger partial charge in [0.15, 0.2) is 5.75 Å². The van der Waals surface area contributed by atoms with Crippen LogP contribution in [0.3, 0.4) is 0 Å². The highest BCUT2D eigenvalue weighted by Crippen LogP contribution is 2.33. The topological polar surface area (TPSA) is 98.3 Å². The predicted molar refractivity (Wildman–Crippen MR) is 101 cm³/mol. The molecule has 0 bridgehead atoms. The molecule has 132 valence electrons. The highest BCUT2D eigenvalue weighted by molar-refractivity contribution is 7.18. The number of thiophene rings is 1. The molecular formula is C18H15N3O4S. The molecule has 0 saturated heterocycles. The molecule has 0 spiro atoms. The van der Waals surface area contributed by atoms with E-state index in [1.165, 1.54) is 23.5 Å². The van der Waals surface area contributed by atoms with Gasteiger partial charge in [0.1, 0.15) is 10.7 Å². The van der Waals surface area contributed by atoms with Gasteiger partial charge in [-0.1, -0.05) is 6.07 Å². The van der Waals surface area contributed by atoms with E-state index in [1.54, 1.807) is 16.7 Å². The Morgan fingerprint density at radius 1 is 1.38 bits per heavy atom. The van der Waals surface area contributed by atoms with Crippen LogP contribution >= 0.6 is 11.3 Å². The first-order valence-corrected chi connectivity index (χ1v) is 8.87. The first-order valence-electron chi connectivity index (χ1n) is 8.05. The number of aromatic hydroxyl groups is 1. The second-order valence-corrected chi connectivity index (χ2v) is 7.48. The number of nitro benzene ring substituents is 1. The van der Waals surface area contributed by atoms with Gasteiger partial charge in [0.05, 0.1) is 10.3 Å². The summed E-state index contributed by atoms with van der Waals surface area (Å²) in [6.45, 7) is 4.45. The van der Waals surface area contributed by atoms with Gasteiger partial charge in [-0.05, 0) is 49.1 Å². The van der Waals surface area contributed by atoms with Crippen molar-refractivity contribution >= 4 is 38.9 Å². The van der Waals surface area contributed by atoms with Crippen LogP contribution in [0.1, 0.15) is 28.2 Å². The fraction of sp³-hybridized carbons (Fsp3) is 0.222. The summed E-state index contributed by atoms with van der Waals surface area (Å²) in [7, 11) is 0. The van der Waals surface area contributed by atoms with Gasteiger partial charge < -0.3 is 5.11 Å². The van der Waals surface area contributed by atoms with Crippen molar-refractivity contribution in [3.8, 4) is 5.75 Å². The van der Waals surface area contributed by atoms with Crippen molar-refractivity contribution in [3.05, 3.63) is 60.5 Å². The first-order chi connectivity index (χ1) is 12.4. The summed E-state index contributed by atoms with van der Waals surface area (Å²) in [4.78, 5) is 29.7. The SMILES string of the molecule is Cc1sc2nc3n(c(=O)c2c1C)CC/C3=C/c1ccc(O)c([N+](=O)[O-])c1. The molecule has 0 amide bonds. The number of fused-ring (bicyclic) bond motifs is 2. The van der Waals surface area contributed by atoms with Crippen LogP contribution in [0.25, 0.3) is 21.9 Å². The number of nitro groups is 1. The van der Waals surface area contributed by atoms with Gasteiger partial charge in [0.25, 0.3) is 5.56 Å². The Hall–Kier alpha value is -3.00. The molecule has 0 fully saturated rings. The number of aromatic nitrogens is 2. The van der Waals surface area contributed by atoms with Crippen molar-refractivity contribution in [2.45, 2.75) is 26.8 Å². The monoisotopic (exact) mass is 369 g/mol. The molecule has 2 aromatic heterocycles. The molecule has 0 atom stereocenters. The van der Waals surface area contributed by atoms with Crippen molar-refractivity contribution in [2.24, 2.45) is 0 Å². The quantitative estimate of drug-likeness (QED) is 0.549. The predicted octanol–water partition coefficient (Wildman–Crippen LogP) is 3.63. The lowest BCUT2D eigenvalue weighted by Gasteiger charge is -2.04. The van der Waals surface area contributed by atoms with Gasteiger partial charge in [-0.2, -0.15) is 0 Å². The van der Waals surface area contributed by atoms with Gasteiger partial charge in [-0.15, -0.1) is 11.3 Å². The lowest BCUT2D eigenvalue weighted by atomic mass is 10.1.